The van der Waals surface area contributed by atoms with Gasteiger partial charge in [-0.3, -0.25) is 14.9 Å². The van der Waals surface area contributed by atoms with Crippen LogP contribution in [-0.2, 0) is 11.2 Å². The number of carbonyl (C=O) groups is 1. The maximum Gasteiger partial charge on any atom is 0.295 e. The van der Waals surface area contributed by atoms with Crippen LogP contribution in [0.5, 0.6) is 0 Å². The number of anilines is 2. The predicted octanol–water partition coefficient (Wildman–Crippen LogP) is 3.83. The van der Waals surface area contributed by atoms with Gasteiger partial charge in [-0.2, -0.15) is 0 Å². The summed E-state index contributed by atoms with van der Waals surface area (Å²) in [7, 11) is 0. The van der Waals surface area contributed by atoms with Crippen LogP contribution in [-0.4, -0.2) is 22.4 Å². The summed E-state index contributed by atoms with van der Waals surface area (Å²) in [5.74, 6) is -1.21. The molecule has 0 spiro atoms. The Morgan fingerprint density at radius 2 is 2.04 bits per heavy atom. The first-order valence-electron chi connectivity index (χ1n) is 8.00. The Balaban J connectivity index is 1.76. The molecule has 0 radical (unpaired) electrons. The fraction of sp³-hybridized carbons (Fsp3) is 0.167. The average Bonchev–Trinajstić information content (AvgIpc) is 3.00. The highest BCUT2D eigenvalue weighted by Crippen LogP contribution is 2.30. The number of para-hydroxylation sites is 1. The van der Waals surface area contributed by atoms with E-state index < -0.39 is 22.3 Å². The molecule has 0 bridgehead atoms. The predicted molar refractivity (Wildman–Crippen MR) is 97.9 cm³/mol. The first kappa shape index (κ1) is 17.4. The molecule has 0 aliphatic rings. The second-order valence-corrected chi connectivity index (χ2v) is 5.82. The fourth-order valence-electron chi connectivity index (χ4n) is 2.81. The highest BCUT2D eigenvalue weighted by Gasteiger charge is 2.19. The van der Waals surface area contributed by atoms with Gasteiger partial charge in [0.2, 0.25) is 5.91 Å². The van der Waals surface area contributed by atoms with Crippen LogP contribution in [0, 0.1) is 15.9 Å². The zero-order valence-corrected chi connectivity index (χ0v) is 14.0. The molecule has 8 heteroatoms. The van der Waals surface area contributed by atoms with Crippen molar-refractivity contribution in [1.82, 2.24) is 4.98 Å². The molecule has 26 heavy (non-hydrogen) atoms. The van der Waals surface area contributed by atoms with Crippen LogP contribution in [0.2, 0.25) is 0 Å². The van der Waals surface area contributed by atoms with Gasteiger partial charge in [0.25, 0.3) is 5.69 Å². The van der Waals surface area contributed by atoms with Crippen molar-refractivity contribution in [3.63, 3.8) is 0 Å². The van der Waals surface area contributed by atoms with Crippen LogP contribution in [0.3, 0.4) is 0 Å². The van der Waals surface area contributed by atoms with Crippen LogP contribution in [0.1, 0.15) is 12.5 Å². The summed E-state index contributed by atoms with van der Waals surface area (Å²) in [4.78, 5) is 24.7. The molecule has 1 aromatic heterocycles. The van der Waals surface area contributed by atoms with Crippen molar-refractivity contribution >= 4 is 33.9 Å². The number of nitro benzene ring substituents is 1. The Morgan fingerprint density at radius 3 is 2.77 bits per heavy atom. The van der Waals surface area contributed by atoms with E-state index >= 15 is 0 Å². The third kappa shape index (κ3) is 3.64. The molecule has 134 valence electrons. The lowest BCUT2D eigenvalue weighted by atomic mass is 10.1. The molecule has 0 fully saturated rings. The van der Waals surface area contributed by atoms with Crippen molar-refractivity contribution in [2.24, 2.45) is 0 Å². The molecule has 0 aliphatic heterocycles. The molecular weight excluding hydrogens is 339 g/mol. The van der Waals surface area contributed by atoms with Crippen molar-refractivity contribution < 1.29 is 14.1 Å². The molecule has 3 rings (SSSR count). The number of hydrogen-bond acceptors (Lipinski definition) is 4. The number of nitro groups is 1. The van der Waals surface area contributed by atoms with Crippen LogP contribution >= 0.6 is 0 Å². The Morgan fingerprint density at radius 1 is 1.27 bits per heavy atom. The summed E-state index contributed by atoms with van der Waals surface area (Å²) in [5, 5.41) is 17.4. The number of nitrogens with zero attached hydrogens (tertiary/aromatic N) is 1. The van der Waals surface area contributed by atoms with Gasteiger partial charge >= 0.3 is 0 Å². The number of nitrogens with one attached hydrogen (secondary N) is 3. The van der Waals surface area contributed by atoms with Crippen molar-refractivity contribution in [3.05, 3.63) is 64.1 Å². The zero-order valence-electron chi connectivity index (χ0n) is 14.0. The van der Waals surface area contributed by atoms with Crippen molar-refractivity contribution in [1.29, 1.82) is 0 Å². The van der Waals surface area contributed by atoms with Crippen LogP contribution in [0.25, 0.3) is 10.9 Å². The molecule has 0 saturated heterocycles. The number of hydrogen-bond donors (Lipinski definition) is 3. The summed E-state index contributed by atoms with van der Waals surface area (Å²) in [6.07, 6.45) is 2.54. The third-order valence-corrected chi connectivity index (χ3v) is 3.98. The Labute approximate surface area is 148 Å². The Hall–Kier alpha value is -3.42. The summed E-state index contributed by atoms with van der Waals surface area (Å²) in [5.41, 5.74) is 1.67. The number of carbonyl (C=O) groups excluding carboxylic acids is 1. The number of H-pyrrole nitrogens is 1. The number of amides is 1. The largest absolute Gasteiger partial charge is 0.382 e. The minimum Gasteiger partial charge on any atom is -0.382 e. The topological polar surface area (TPSA) is 100 Å². The van der Waals surface area contributed by atoms with Crippen LogP contribution in [0.4, 0.5) is 21.5 Å². The number of fused-ring (bicyclic) bond motifs is 1. The van der Waals surface area contributed by atoms with Gasteiger partial charge in [0, 0.05) is 30.6 Å². The smallest absolute Gasteiger partial charge is 0.295 e. The number of halogens is 1. The molecule has 0 unspecified atom stereocenters. The highest BCUT2D eigenvalue weighted by molar-refractivity contribution is 5.92. The van der Waals surface area contributed by atoms with E-state index in [1.54, 1.807) is 0 Å². The van der Waals surface area contributed by atoms with Gasteiger partial charge in [0.15, 0.2) is 5.82 Å². The van der Waals surface area contributed by atoms with E-state index in [2.05, 4.69) is 15.6 Å². The standard InChI is InChI=1S/C18H17FN4O3/c1-11(24)22-17-9-16(14(19)8-18(17)23(25)26)20-7-6-12-10-21-15-5-3-2-4-13(12)15/h2-5,8-10,20-21H,6-7H2,1H3,(H,22,24). The number of benzene rings is 2. The second-order valence-electron chi connectivity index (χ2n) is 5.82. The fourth-order valence-corrected chi connectivity index (χ4v) is 2.81. The molecule has 3 aromatic rings. The van der Waals surface area contributed by atoms with E-state index in [4.69, 9.17) is 0 Å². The van der Waals surface area contributed by atoms with Gasteiger partial charge in [-0.25, -0.2) is 4.39 Å². The average molecular weight is 356 g/mol. The highest BCUT2D eigenvalue weighted by atomic mass is 19.1. The molecule has 1 heterocycles. The van der Waals surface area contributed by atoms with Gasteiger partial charge in [-0.05, 0) is 24.1 Å². The number of aromatic nitrogens is 1. The molecule has 7 nitrogen and oxygen atoms in total. The monoisotopic (exact) mass is 356 g/mol. The second kappa shape index (κ2) is 7.22. The lowest BCUT2D eigenvalue weighted by Crippen LogP contribution is -2.11. The van der Waals surface area contributed by atoms with Gasteiger partial charge in [0.05, 0.1) is 16.7 Å². The van der Waals surface area contributed by atoms with Crippen LogP contribution in [0.15, 0.2) is 42.6 Å². The number of rotatable bonds is 6. The SMILES string of the molecule is CC(=O)Nc1cc(NCCc2c[nH]c3ccccc23)c(F)cc1[N+](=O)[O-]. The maximum atomic E-state index is 14.2. The van der Waals surface area contributed by atoms with E-state index in [1.165, 1.54) is 13.0 Å². The van der Waals surface area contributed by atoms with Gasteiger partial charge in [-0.15, -0.1) is 0 Å². The van der Waals surface area contributed by atoms with E-state index in [0.29, 0.717) is 13.0 Å². The Kier molecular flexibility index (Phi) is 4.83. The summed E-state index contributed by atoms with van der Waals surface area (Å²) in [6, 6.07) is 9.91. The van der Waals surface area contributed by atoms with Crippen molar-refractivity contribution in [2.75, 3.05) is 17.2 Å². The zero-order chi connectivity index (χ0) is 18.7. The minimum atomic E-state index is -0.746. The third-order valence-electron chi connectivity index (χ3n) is 3.98. The molecule has 0 aliphatic carbocycles. The number of aromatic amines is 1. The van der Waals surface area contributed by atoms with Gasteiger partial charge in [-0.1, -0.05) is 18.2 Å². The first-order chi connectivity index (χ1) is 12.5. The molecule has 3 N–H and O–H groups in total. The minimum absolute atomic E-state index is 0.0431. The first-order valence-corrected chi connectivity index (χ1v) is 8.00. The van der Waals surface area contributed by atoms with E-state index in [-0.39, 0.29) is 11.4 Å². The lowest BCUT2D eigenvalue weighted by molar-refractivity contribution is -0.384. The quantitative estimate of drug-likeness (QED) is 0.462. The summed E-state index contributed by atoms with van der Waals surface area (Å²) in [6.45, 7) is 1.66. The maximum absolute atomic E-state index is 14.2. The Bertz CT molecular complexity index is 984. The van der Waals surface area contributed by atoms with Crippen LogP contribution < -0.4 is 10.6 Å². The molecule has 1 amide bonds. The molecule has 0 saturated carbocycles. The molecule has 0 atom stereocenters. The van der Waals surface area contributed by atoms with E-state index in [1.807, 2.05) is 30.5 Å². The van der Waals surface area contributed by atoms with E-state index in [9.17, 15) is 19.3 Å². The van der Waals surface area contributed by atoms with Crippen molar-refractivity contribution in [2.45, 2.75) is 13.3 Å². The van der Waals surface area contributed by atoms with E-state index in [0.717, 1.165) is 22.5 Å². The molecule has 2 aromatic carbocycles. The van der Waals surface area contributed by atoms with Gasteiger partial charge in [0.1, 0.15) is 5.69 Å². The lowest BCUT2D eigenvalue weighted by Gasteiger charge is -2.10. The summed E-state index contributed by atoms with van der Waals surface area (Å²) >= 11 is 0. The van der Waals surface area contributed by atoms with Gasteiger partial charge < -0.3 is 15.6 Å². The summed E-state index contributed by atoms with van der Waals surface area (Å²) < 4.78 is 14.2. The van der Waals surface area contributed by atoms with Crippen molar-refractivity contribution in [3.8, 4) is 0 Å². The molecular formula is C18H17FN4O3. The normalized spacial score (nSPS) is 10.7.